The molecule has 3 heteroatoms. The van der Waals surface area contributed by atoms with Gasteiger partial charge in [0.25, 0.3) is 0 Å². The van der Waals surface area contributed by atoms with E-state index in [1.807, 2.05) is 0 Å². The molecule has 4 aromatic rings. The SMILES string of the molecule is CCOCc1cccc[c]1[Bi]([c]1ccccc1)([c]1ccccc1)[c]1ccccc1COCC. The Morgan fingerprint density at radius 2 is 0.848 bits per heavy atom. The van der Waals surface area contributed by atoms with Crippen LogP contribution < -0.4 is 13.1 Å². The molecule has 4 rings (SSSR count). The number of hydrogen-bond donors (Lipinski definition) is 0. The van der Waals surface area contributed by atoms with Crippen LogP contribution in [-0.4, -0.2) is 33.5 Å². The third-order valence-electron chi connectivity index (χ3n) is 5.92. The topological polar surface area (TPSA) is 18.5 Å². The van der Waals surface area contributed by atoms with Gasteiger partial charge in [0.05, 0.1) is 0 Å². The molecule has 169 valence electrons. The molecule has 1 radical (unpaired) electrons. The van der Waals surface area contributed by atoms with Gasteiger partial charge in [-0.15, -0.1) is 0 Å². The van der Waals surface area contributed by atoms with Gasteiger partial charge >= 0.3 is 203 Å². The number of benzene rings is 4. The molecule has 2 nitrogen and oxygen atoms in total. The predicted octanol–water partition coefficient (Wildman–Crippen LogP) is 4.14. The van der Waals surface area contributed by atoms with Crippen molar-refractivity contribution in [3.63, 3.8) is 0 Å². The first-order valence-electron chi connectivity index (χ1n) is 11.6. The average Bonchev–Trinajstić information content (AvgIpc) is 2.89. The minimum absolute atomic E-state index is 0.625. The molecule has 0 amide bonds. The zero-order chi connectivity index (χ0) is 22.9. The third-order valence-corrected chi connectivity index (χ3v) is 23.3. The monoisotopic (exact) mass is 633 g/mol. The van der Waals surface area contributed by atoms with Crippen molar-refractivity contribution in [2.24, 2.45) is 0 Å². The van der Waals surface area contributed by atoms with E-state index in [4.69, 9.17) is 9.47 Å². The Bertz CT molecular complexity index is 1050. The van der Waals surface area contributed by atoms with Gasteiger partial charge in [0.2, 0.25) is 0 Å². The summed E-state index contributed by atoms with van der Waals surface area (Å²) in [5.41, 5.74) is 2.58. The zero-order valence-corrected chi connectivity index (χ0v) is 23.0. The summed E-state index contributed by atoms with van der Waals surface area (Å²) >= 11 is -3.83. The number of hydrogen-bond acceptors (Lipinski definition) is 2. The van der Waals surface area contributed by atoms with E-state index in [2.05, 4.69) is 123 Å². The van der Waals surface area contributed by atoms with Crippen molar-refractivity contribution in [1.82, 2.24) is 0 Å². The van der Waals surface area contributed by atoms with Crippen molar-refractivity contribution in [3.8, 4) is 0 Å². The first-order valence-corrected chi connectivity index (χ1v) is 18.6. The molecular weight excluding hydrogens is 601 g/mol. The average molecular weight is 634 g/mol. The van der Waals surface area contributed by atoms with Crippen molar-refractivity contribution >= 4 is 33.4 Å². The van der Waals surface area contributed by atoms with Gasteiger partial charge in [-0.05, 0) is 0 Å². The van der Waals surface area contributed by atoms with E-state index < -0.39 is 20.3 Å². The van der Waals surface area contributed by atoms with Gasteiger partial charge in [-0.2, -0.15) is 0 Å². The van der Waals surface area contributed by atoms with Gasteiger partial charge in [-0.25, -0.2) is 0 Å². The Balaban J connectivity index is 2.12. The summed E-state index contributed by atoms with van der Waals surface area (Å²) < 4.78 is 17.7. The maximum atomic E-state index is 5.97. The van der Waals surface area contributed by atoms with E-state index in [0.717, 1.165) is 0 Å². The number of rotatable bonds is 10. The van der Waals surface area contributed by atoms with Gasteiger partial charge in [-0.3, -0.25) is 0 Å². The molecule has 4 aromatic carbocycles. The van der Waals surface area contributed by atoms with Gasteiger partial charge < -0.3 is 0 Å². The number of ether oxygens (including phenoxy) is 2. The first kappa shape index (κ1) is 23.8. The summed E-state index contributed by atoms with van der Waals surface area (Å²) in [6.45, 7) is 6.78. The van der Waals surface area contributed by atoms with Crippen LogP contribution in [-0.2, 0) is 22.7 Å². The Hall–Kier alpha value is -2.32. The van der Waals surface area contributed by atoms with Gasteiger partial charge in [-0.1, -0.05) is 0 Å². The molecule has 0 saturated carbocycles. The van der Waals surface area contributed by atoms with E-state index in [-0.39, 0.29) is 0 Å². The van der Waals surface area contributed by atoms with Gasteiger partial charge in [0, 0.05) is 0 Å². The van der Waals surface area contributed by atoms with Crippen molar-refractivity contribution in [1.29, 1.82) is 0 Å². The van der Waals surface area contributed by atoms with Crippen LogP contribution in [0.2, 0.25) is 0 Å². The molecule has 33 heavy (non-hydrogen) atoms. The molecule has 0 spiro atoms. The fourth-order valence-corrected chi connectivity index (χ4v) is 22.6. The summed E-state index contributed by atoms with van der Waals surface area (Å²) in [7, 11) is 0. The molecule has 0 N–H and O–H groups in total. The molecule has 0 aromatic heterocycles. The summed E-state index contributed by atoms with van der Waals surface area (Å²) in [6, 6.07) is 40.1. The van der Waals surface area contributed by atoms with E-state index in [0.29, 0.717) is 26.4 Å². The van der Waals surface area contributed by atoms with Crippen LogP contribution in [0.25, 0.3) is 0 Å². The molecule has 0 saturated heterocycles. The van der Waals surface area contributed by atoms with Crippen molar-refractivity contribution in [2.75, 3.05) is 13.2 Å². The Morgan fingerprint density at radius 3 is 1.24 bits per heavy atom. The predicted molar refractivity (Wildman–Crippen MR) is 141 cm³/mol. The Morgan fingerprint density at radius 1 is 0.485 bits per heavy atom. The molecule has 0 aliphatic carbocycles. The van der Waals surface area contributed by atoms with Crippen molar-refractivity contribution in [3.05, 3.63) is 120 Å². The second-order valence-electron chi connectivity index (χ2n) is 7.87. The molecule has 0 fully saturated rings. The van der Waals surface area contributed by atoms with Crippen molar-refractivity contribution < 1.29 is 9.47 Å². The van der Waals surface area contributed by atoms with Crippen LogP contribution in [0.3, 0.4) is 0 Å². The fourth-order valence-electron chi connectivity index (χ4n) is 4.48. The van der Waals surface area contributed by atoms with E-state index >= 15 is 0 Å². The molecule has 0 heterocycles. The van der Waals surface area contributed by atoms with E-state index in [1.165, 1.54) is 24.2 Å². The molecule has 0 aliphatic heterocycles. The molecular formula is C30H32BiO2. The fraction of sp³-hybridized carbons (Fsp3) is 0.200. The van der Waals surface area contributed by atoms with Crippen LogP contribution in [0, 0.1) is 0 Å². The first-order chi connectivity index (χ1) is 16.3. The van der Waals surface area contributed by atoms with E-state index in [9.17, 15) is 0 Å². The van der Waals surface area contributed by atoms with Gasteiger partial charge in [0.15, 0.2) is 0 Å². The summed E-state index contributed by atoms with van der Waals surface area (Å²) in [4.78, 5) is 0. The van der Waals surface area contributed by atoms with Crippen LogP contribution >= 0.6 is 0 Å². The molecule has 0 unspecified atom stereocenters. The second kappa shape index (κ2) is 11.7. The van der Waals surface area contributed by atoms with Crippen LogP contribution in [0.5, 0.6) is 0 Å². The molecule has 0 aliphatic rings. The Labute approximate surface area is 202 Å². The summed E-state index contributed by atoms with van der Waals surface area (Å²) in [5.74, 6) is 0. The molecule has 0 bridgehead atoms. The maximum absolute atomic E-state index is 5.97. The minimum atomic E-state index is -3.83. The van der Waals surface area contributed by atoms with Crippen LogP contribution in [0.15, 0.2) is 109 Å². The standard InChI is InChI=1S/2C9H11O.2C6H5.Bi/c2*1-2-10-8-9-6-4-3-5-7-9;2*1-2-4-6-5-3-1;/h2*3-6H,2,8H2,1H3;2*1-5H;. The third kappa shape index (κ3) is 4.97. The van der Waals surface area contributed by atoms with Crippen molar-refractivity contribution in [2.45, 2.75) is 27.1 Å². The summed E-state index contributed by atoms with van der Waals surface area (Å²) in [5, 5.41) is 0. The quantitative estimate of drug-likeness (QED) is 0.245. The van der Waals surface area contributed by atoms with Crippen LogP contribution in [0.1, 0.15) is 25.0 Å². The molecule has 0 atom stereocenters. The second-order valence-corrected chi connectivity index (χ2v) is 20.9. The zero-order valence-electron chi connectivity index (χ0n) is 19.5. The normalized spacial score (nSPS) is 11.5. The summed E-state index contributed by atoms with van der Waals surface area (Å²) in [6.07, 6.45) is 0. The van der Waals surface area contributed by atoms with E-state index in [1.54, 1.807) is 0 Å². The van der Waals surface area contributed by atoms with Gasteiger partial charge in [0.1, 0.15) is 0 Å². The van der Waals surface area contributed by atoms with Crippen LogP contribution in [0.4, 0.5) is 0 Å². The Kier molecular flexibility index (Phi) is 8.45.